The summed E-state index contributed by atoms with van der Waals surface area (Å²) in [5, 5.41) is 8.02. The highest BCUT2D eigenvalue weighted by Gasteiger charge is 2.34. The van der Waals surface area contributed by atoms with Gasteiger partial charge in [-0.1, -0.05) is 24.3 Å². The maximum atomic E-state index is 12.8. The van der Waals surface area contributed by atoms with Gasteiger partial charge >= 0.3 is 0 Å². The third-order valence-electron chi connectivity index (χ3n) is 4.76. The fourth-order valence-electron chi connectivity index (χ4n) is 3.35. The lowest BCUT2D eigenvalue weighted by Crippen LogP contribution is -2.42. The van der Waals surface area contributed by atoms with Gasteiger partial charge in [0.2, 0.25) is 5.88 Å². The van der Waals surface area contributed by atoms with Crippen LogP contribution in [0.2, 0.25) is 0 Å². The lowest BCUT2D eigenvalue weighted by Gasteiger charge is -2.28. The van der Waals surface area contributed by atoms with Crippen molar-refractivity contribution in [2.75, 3.05) is 13.1 Å². The van der Waals surface area contributed by atoms with E-state index in [0.717, 1.165) is 12.1 Å². The molecular formula is C19H21N3O3. The summed E-state index contributed by atoms with van der Waals surface area (Å²) in [6.07, 6.45) is 0.995. The van der Waals surface area contributed by atoms with Gasteiger partial charge in [-0.3, -0.25) is 4.79 Å². The molecule has 6 nitrogen and oxygen atoms in total. The first-order chi connectivity index (χ1) is 12.2. The SMILES string of the molecule is Cc1ccc(O[C@@H]2CCN(C(=O)[C@@H]3Cc4ccccc4CO3)C2)nn1. The number of hydrogen-bond acceptors (Lipinski definition) is 5. The molecule has 2 atom stereocenters. The second kappa shape index (κ2) is 6.80. The van der Waals surface area contributed by atoms with Crippen LogP contribution in [0.3, 0.4) is 0 Å². The number of aromatic nitrogens is 2. The van der Waals surface area contributed by atoms with E-state index >= 15 is 0 Å². The second-order valence-corrected chi connectivity index (χ2v) is 6.60. The zero-order valence-corrected chi connectivity index (χ0v) is 14.2. The summed E-state index contributed by atoms with van der Waals surface area (Å²) in [6.45, 7) is 3.63. The van der Waals surface area contributed by atoms with E-state index in [1.165, 1.54) is 11.1 Å². The van der Waals surface area contributed by atoms with Gasteiger partial charge in [-0.2, -0.15) is 5.10 Å². The maximum Gasteiger partial charge on any atom is 0.252 e. The van der Waals surface area contributed by atoms with Gasteiger partial charge in [0.05, 0.1) is 18.8 Å². The first kappa shape index (κ1) is 16.0. The molecular weight excluding hydrogens is 318 g/mol. The molecule has 0 saturated carbocycles. The summed E-state index contributed by atoms with van der Waals surface area (Å²) in [7, 11) is 0. The van der Waals surface area contributed by atoms with Crippen LogP contribution in [0.15, 0.2) is 36.4 Å². The van der Waals surface area contributed by atoms with E-state index in [-0.39, 0.29) is 12.0 Å². The predicted octanol–water partition coefficient (Wildman–Crippen LogP) is 1.91. The monoisotopic (exact) mass is 339 g/mol. The zero-order chi connectivity index (χ0) is 17.2. The smallest absolute Gasteiger partial charge is 0.252 e. The molecule has 6 heteroatoms. The van der Waals surface area contributed by atoms with Crippen LogP contribution in [0.25, 0.3) is 0 Å². The van der Waals surface area contributed by atoms with Crippen LogP contribution in [-0.4, -0.2) is 46.3 Å². The van der Waals surface area contributed by atoms with Crippen molar-refractivity contribution in [3.63, 3.8) is 0 Å². The van der Waals surface area contributed by atoms with Gasteiger partial charge in [0, 0.05) is 25.5 Å². The normalized spacial score (nSPS) is 22.5. The number of likely N-dealkylation sites (tertiary alicyclic amines) is 1. The Hall–Kier alpha value is -2.47. The third-order valence-corrected chi connectivity index (χ3v) is 4.76. The van der Waals surface area contributed by atoms with Crippen molar-refractivity contribution in [3.8, 4) is 5.88 Å². The summed E-state index contributed by atoms with van der Waals surface area (Å²) in [6, 6.07) is 11.8. The zero-order valence-electron chi connectivity index (χ0n) is 14.2. The molecule has 1 aromatic carbocycles. The van der Waals surface area contributed by atoms with Crippen LogP contribution in [0.1, 0.15) is 23.2 Å². The molecule has 0 N–H and O–H groups in total. The van der Waals surface area contributed by atoms with Crippen LogP contribution in [0.4, 0.5) is 0 Å². The van der Waals surface area contributed by atoms with Gasteiger partial charge in [0.15, 0.2) is 0 Å². The van der Waals surface area contributed by atoms with Gasteiger partial charge < -0.3 is 14.4 Å². The fraction of sp³-hybridized carbons (Fsp3) is 0.421. The van der Waals surface area contributed by atoms with Crippen LogP contribution in [-0.2, 0) is 22.6 Å². The number of ether oxygens (including phenoxy) is 2. The van der Waals surface area contributed by atoms with E-state index in [1.807, 2.05) is 36.1 Å². The number of rotatable bonds is 3. The fourth-order valence-corrected chi connectivity index (χ4v) is 3.35. The van der Waals surface area contributed by atoms with Crippen molar-refractivity contribution in [3.05, 3.63) is 53.2 Å². The Kier molecular flexibility index (Phi) is 4.36. The van der Waals surface area contributed by atoms with Crippen LogP contribution in [0.5, 0.6) is 5.88 Å². The van der Waals surface area contributed by atoms with Crippen molar-refractivity contribution < 1.29 is 14.3 Å². The van der Waals surface area contributed by atoms with Crippen LogP contribution in [0, 0.1) is 6.92 Å². The highest BCUT2D eigenvalue weighted by Crippen LogP contribution is 2.23. The average molecular weight is 339 g/mol. The van der Waals surface area contributed by atoms with Gasteiger partial charge in [-0.15, -0.1) is 5.10 Å². The minimum atomic E-state index is -0.396. The predicted molar refractivity (Wildman–Crippen MR) is 91.1 cm³/mol. The molecule has 0 unspecified atom stereocenters. The lowest BCUT2D eigenvalue weighted by atomic mass is 9.98. The highest BCUT2D eigenvalue weighted by atomic mass is 16.5. The molecule has 2 aliphatic heterocycles. The number of carbonyl (C=O) groups excluding carboxylic acids is 1. The summed E-state index contributed by atoms with van der Waals surface area (Å²) in [4.78, 5) is 14.6. The second-order valence-electron chi connectivity index (χ2n) is 6.60. The molecule has 4 rings (SSSR count). The van der Waals surface area contributed by atoms with Gasteiger partial charge in [-0.05, 0) is 24.1 Å². The molecule has 130 valence electrons. The summed E-state index contributed by atoms with van der Waals surface area (Å²) in [5.41, 5.74) is 3.23. The van der Waals surface area contributed by atoms with Crippen molar-refractivity contribution >= 4 is 5.91 Å². The number of hydrogen-bond donors (Lipinski definition) is 0. The molecule has 0 bridgehead atoms. The number of fused-ring (bicyclic) bond motifs is 1. The van der Waals surface area contributed by atoms with E-state index in [9.17, 15) is 4.79 Å². The van der Waals surface area contributed by atoms with E-state index in [1.54, 1.807) is 0 Å². The minimum Gasteiger partial charge on any atom is -0.471 e. The molecule has 0 spiro atoms. The Morgan fingerprint density at radius 1 is 1.20 bits per heavy atom. The van der Waals surface area contributed by atoms with Crippen molar-refractivity contribution in [2.24, 2.45) is 0 Å². The molecule has 3 heterocycles. The van der Waals surface area contributed by atoms with E-state index in [0.29, 0.717) is 32.0 Å². The largest absolute Gasteiger partial charge is 0.471 e. The van der Waals surface area contributed by atoms with Crippen LogP contribution < -0.4 is 4.74 Å². The number of benzene rings is 1. The molecule has 2 aliphatic rings. The molecule has 2 aromatic rings. The molecule has 1 fully saturated rings. The minimum absolute atomic E-state index is 0.0446. The number of aryl methyl sites for hydroxylation is 1. The van der Waals surface area contributed by atoms with Crippen molar-refractivity contribution in [1.29, 1.82) is 0 Å². The maximum absolute atomic E-state index is 12.8. The molecule has 1 aromatic heterocycles. The topological polar surface area (TPSA) is 64.5 Å². The van der Waals surface area contributed by atoms with Gasteiger partial charge in [0.1, 0.15) is 12.2 Å². The first-order valence-electron chi connectivity index (χ1n) is 8.63. The van der Waals surface area contributed by atoms with Crippen LogP contribution >= 0.6 is 0 Å². The summed E-state index contributed by atoms with van der Waals surface area (Å²) in [5.74, 6) is 0.559. The Balaban J connectivity index is 1.35. The standard InChI is InChI=1S/C19H21N3O3/c1-13-6-7-18(21-20-13)25-16-8-9-22(11-16)19(23)17-10-14-4-2-3-5-15(14)12-24-17/h2-7,16-17H,8-12H2,1H3/t16-,17+/m1/s1. The Bertz CT molecular complexity index is 763. The van der Waals surface area contributed by atoms with Gasteiger partial charge in [0.25, 0.3) is 5.91 Å². The Labute approximate surface area is 146 Å². The summed E-state index contributed by atoms with van der Waals surface area (Å²) >= 11 is 0. The number of amides is 1. The van der Waals surface area contributed by atoms with Crippen molar-refractivity contribution in [1.82, 2.24) is 15.1 Å². The third kappa shape index (κ3) is 3.49. The van der Waals surface area contributed by atoms with E-state index in [2.05, 4.69) is 22.3 Å². The van der Waals surface area contributed by atoms with E-state index in [4.69, 9.17) is 9.47 Å². The first-order valence-corrected chi connectivity index (χ1v) is 8.63. The number of nitrogens with zero attached hydrogens (tertiary/aromatic N) is 3. The number of carbonyl (C=O) groups is 1. The molecule has 1 saturated heterocycles. The quantitative estimate of drug-likeness (QED) is 0.855. The summed E-state index contributed by atoms with van der Waals surface area (Å²) < 4.78 is 11.6. The van der Waals surface area contributed by atoms with E-state index < -0.39 is 6.10 Å². The van der Waals surface area contributed by atoms with Crippen molar-refractivity contribution in [2.45, 2.75) is 38.6 Å². The highest BCUT2D eigenvalue weighted by molar-refractivity contribution is 5.82. The Morgan fingerprint density at radius 2 is 2.04 bits per heavy atom. The molecule has 25 heavy (non-hydrogen) atoms. The lowest BCUT2D eigenvalue weighted by molar-refractivity contribution is -0.144. The van der Waals surface area contributed by atoms with Gasteiger partial charge in [-0.25, -0.2) is 0 Å². The molecule has 0 radical (unpaired) electrons. The average Bonchev–Trinajstić information content (AvgIpc) is 3.11. The molecule has 0 aliphatic carbocycles. The molecule has 1 amide bonds. The Morgan fingerprint density at radius 3 is 2.84 bits per heavy atom.